The first-order valence-corrected chi connectivity index (χ1v) is 6.76. The fraction of sp³-hybridized carbons (Fsp3) is 0.133. The lowest BCUT2D eigenvalue weighted by atomic mass is 10.1. The lowest BCUT2D eigenvalue weighted by Gasteiger charge is -2.10. The van der Waals surface area contributed by atoms with Gasteiger partial charge in [-0.2, -0.15) is 0 Å². The van der Waals surface area contributed by atoms with Crippen LogP contribution >= 0.6 is 0 Å². The molecule has 0 radical (unpaired) electrons. The van der Waals surface area contributed by atoms with Crippen LogP contribution in [0.15, 0.2) is 30.3 Å². The highest BCUT2D eigenvalue weighted by Gasteiger charge is 2.29. The van der Waals surface area contributed by atoms with Crippen molar-refractivity contribution in [2.45, 2.75) is 6.92 Å². The standard InChI is InChI=1S/C15H12N2O8/c1-8-3-9(24-2)5-10(4-8)25-14-6-11(15(18)19)12(16(20)21)7-13(14)17(22)23/h3-7H,1-2H3,(H,18,19). The van der Waals surface area contributed by atoms with Crippen molar-refractivity contribution in [3.63, 3.8) is 0 Å². The average Bonchev–Trinajstić information content (AvgIpc) is 2.53. The fourth-order valence-corrected chi connectivity index (χ4v) is 2.12. The molecule has 2 rings (SSSR count). The molecule has 0 aromatic heterocycles. The Morgan fingerprint density at radius 1 is 1.00 bits per heavy atom. The molecule has 0 amide bonds. The predicted molar refractivity (Wildman–Crippen MR) is 84.5 cm³/mol. The van der Waals surface area contributed by atoms with Crippen LogP contribution < -0.4 is 9.47 Å². The van der Waals surface area contributed by atoms with Gasteiger partial charge >= 0.3 is 11.7 Å². The average molecular weight is 348 g/mol. The van der Waals surface area contributed by atoms with Crippen LogP contribution in [-0.2, 0) is 0 Å². The third-order valence-electron chi connectivity index (χ3n) is 3.19. The van der Waals surface area contributed by atoms with Crippen molar-refractivity contribution in [2.24, 2.45) is 0 Å². The van der Waals surface area contributed by atoms with Gasteiger partial charge in [-0.15, -0.1) is 0 Å². The molecule has 0 saturated heterocycles. The van der Waals surface area contributed by atoms with Crippen LogP contribution in [0.2, 0.25) is 0 Å². The van der Waals surface area contributed by atoms with E-state index >= 15 is 0 Å². The Bertz CT molecular complexity index is 878. The van der Waals surface area contributed by atoms with E-state index in [0.717, 1.165) is 11.6 Å². The first kappa shape index (κ1) is 17.7. The van der Waals surface area contributed by atoms with E-state index in [1.807, 2.05) is 0 Å². The normalized spacial score (nSPS) is 10.2. The monoisotopic (exact) mass is 348 g/mol. The van der Waals surface area contributed by atoms with Gasteiger partial charge in [-0.25, -0.2) is 4.79 Å². The topological polar surface area (TPSA) is 142 Å². The van der Waals surface area contributed by atoms with Crippen LogP contribution in [0.5, 0.6) is 17.2 Å². The summed E-state index contributed by atoms with van der Waals surface area (Å²) in [4.78, 5) is 31.5. The van der Waals surface area contributed by atoms with Crippen LogP contribution in [0.4, 0.5) is 11.4 Å². The Morgan fingerprint density at radius 3 is 2.12 bits per heavy atom. The highest BCUT2D eigenvalue weighted by Crippen LogP contribution is 2.38. The van der Waals surface area contributed by atoms with Gasteiger partial charge in [0.2, 0.25) is 5.75 Å². The number of hydrogen-bond acceptors (Lipinski definition) is 7. The van der Waals surface area contributed by atoms with Crippen molar-refractivity contribution in [1.82, 2.24) is 0 Å². The highest BCUT2D eigenvalue weighted by molar-refractivity contribution is 5.93. The first-order valence-electron chi connectivity index (χ1n) is 6.76. The van der Waals surface area contributed by atoms with Crippen LogP contribution in [0, 0.1) is 27.2 Å². The Balaban J connectivity index is 2.61. The number of nitrogens with zero attached hydrogens (tertiary/aromatic N) is 2. The molecule has 0 aliphatic carbocycles. The van der Waals surface area contributed by atoms with Gasteiger partial charge in [0.1, 0.15) is 17.1 Å². The molecule has 10 nitrogen and oxygen atoms in total. The van der Waals surface area contributed by atoms with E-state index < -0.39 is 38.5 Å². The largest absolute Gasteiger partial charge is 0.497 e. The van der Waals surface area contributed by atoms with Gasteiger partial charge in [0, 0.05) is 12.1 Å². The van der Waals surface area contributed by atoms with Gasteiger partial charge in [-0.1, -0.05) is 0 Å². The molecule has 0 atom stereocenters. The van der Waals surface area contributed by atoms with Crippen molar-refractivity contribution >= 4 is 17.3 Å². The maximum absolute atomic E-state index is 11.2. The molecule has 0 spiro atoms. The molecule has 0 unspecified atom stereocenters. The molecule has 0 bridgehead atoms. The van der Waals surface area contributed by atoms with Gasteiger partial charge in [0.15, 0.2) is 0 Å². The number of nitro benzene ring substituents is 2. The van der Waals surface area contributed by atoms with Crippen LogP contribution in [0.1, 0.15) is 15.9 Å². The SMILES string of the molecule is COc1cc(C)cc(Oc2cc(C(=O)O)c([N+](=O)[O-])cc2[N+](=O)[O-])c1. The van der Waals surface area contributed by atoms with Gasteiger partial charge in [0.25, 0.3) is 5.69 Å². The fourth-order valence-electron chi connectivity index (χ4n) is 2.12. The third kappa shape index (κ3) is 3.80. The number of ether oxygens (including phenoxy) is 2. The molecule has 130 valence electrons. The summed E-state index contributed by atoms with van der Waals surface area (Å²) in [5.41, 5.74) is -1.60. The summed E-state index contributed by atoms with van der Waals surface area (Å²) in [6.45, 7) is 1.74. The zero-order valence-electron chi connectivity index (χ0n) is 13.1. The minimum Gasteiger partial charge on any atom is -0.497 e. The minimum absolute atomic E-state index is 0.158. The number of aryl methyl sites for hydroxylation is 1. The van der Waals surface area contributed by atoms with Crippen molar-refractivity contribution in [2.75, 3.05) is 7.11 Å². The molecule has 25 heavy (non-hydrogen) atoms. The molecule has 0 saturated carbocycles. The van der Waals surface area contributed by atoms with Crippen molar-refractivity contribution in [3.8, 4) is 17.2 Å². The number of carbonyl (C=O) groups is 1. The summed E-state index contributed by atoms with van der Waals surface area (Å²) in [5.74, 6) is -1.45. The predicted octanol–water partition coefficient (Wildman–Crippen LogP) is 3.31. The van der Waals surface area contributed by atoms with E-state index in [2.05, 4.69) is 0 Å². The zero-order valence-corrected chi connectivity index (χ0v) is 13.1. The maximum Gasteiger partial charge on any atom is 0.342 e. The molecule has 2 aromatic rings. The smallest absolute Gasteiger partial charge is 0.342 e. The van der Waals surface area contributed by atoms with Gasteiger partial charge < -0.3 is 14.6 Å². The van der Waals surface area contributed by atoms with Crippen molar-refractivity contribution in [1.29, 1.82) is 0 Å². The van der Waals surface area contributed by atoms with Crippen molar-refractivity contribution < 1.29 is 29.2 Å². The summed E-state index contributed by atoms with van der Waals surface area (Å²) in [6.07, 6.45) is 0. The summed E-state index contributed by atoms with van der Waals surface area (Å²) >= 11 is 0. The van der Waals surface area contributed by atoms with Crippen molar-refractivity contribution in [3.05, 3.63) is 61.7 Å². The molecule has 0 fully saturated rings. The molecule has 10 heteroatoms. The number of carboxylic acids is 1. The van der Waals surface area contributed by atoms with Gasteiger partial charge in [-0.3, -0.25) is 20.2 Å². The van der Waals surface area contributed by atoms with E-state index in [1.54, 1.807) is 19.1 Å². The van der Waals surface area contributed by atoms with E-state index in [0.29, 0.717) is 11.8 Å². The first-order chi connectivity index (χ1) is 11.7. The maximum atomic E-state index is 11.2. The molecule has 0 heterocycles. The second-order valence-electron chi connectivity index (χ2n) is 4.94. The second kappa shape index (κ2) is 6.83. The van der Waals surface area contributed by atoms with Crippen LogP contribution in [0.3, 0.4) is 0 Å². The molecule has 1 N–H and O–H groups in total. The van der Waals surface area contributed by atoms with E-state index in [-0.39, 0.29) is 5.75 Å². The Morgan fingerprint density at radius 2 is 1.60 bits per heavy atom. The second-order valence-corrected chi connectivity index (χ2v) is 4.94. The lowest BCUT2D eigenvalue weighted by Crippen LogP contribution is -2.05. The number of nitro groups is 2. The number of methoxy groups -OCH3 is 1. The van der Waals surface area contributed by atoms with E-state index in [9.17, 15) is 25.0 Å². The number of carboxylic acid groups (broad SMARTS) is 1. The van der Waals surface area contributed by atoms with Gasteiger partial charge in [0.05, 0.1) is 23.0 Å². The molecule has 0 aliphatic rings. The zero-order chi connectivity index (χ0) is 18.7. The molecular formula is C15H12N2O8. The van der Waals surface area contributed by atoms with E-state index in [1.165, 1.54) is 13.2 Å². The quantitative estimate of drug-likeness (QED) is 0.618. The van der Waals surface area contributed by atoms with E-state index in [4.69, 9.17) is 14.6 Å². The lowest BCUT2D eigenvalue weighted by molar-refractivity contribution is -0.394. The highest BCUT2D eigenvalue weighted by atomic mass is 16.6. The summed E-state index contributed by atoms with van der Waals surface area (Å²) < 4.78 is 10.5. The molecular weight excluding hydrogens is 336 g/mol. The Hall–Kier alpha value is -3.69. The van der Waals surface area contributed by atoms with Gasteiger partial charge in [-0.05, 0) is 24.6 Å². The summed E-state index contributed by atoms with van der Waals surface area (Å²) in [6, 6.07) is 6.01. The number of benzene rings is 2. The Kier molecular flexibility index (Phi) is 4.82. The molecule has 2 aromatic carbocycles. The summed E-state index contributed by atoms with van der Waals surface area (Å²) in [5, 5.41) is 31.3. The third-order valence-corrected chi connectivity index (χ3v) is 3.19. The summed E-state index contributed by atoms with van der Waals surface area (Å²) in [7, 11) is 1.43. The Labute approximate surface area is 140 Å². The number of hydrogen-bond donors (Lipinski definition) is 1. The number of rotatable bonds is 6. The van der Waals surface area contributed by atoms with Crippen LogP contribution in [-0.4, -0.2) is 28.0 Å². The number of aromatic carboxylic acids is 1. The minimum atomic E-state index is -1.60. The molecule has 0 aliphatic heterocycles. The van der Waals surface area contributed by atoms with Crippen LogP contribution in [0.25, 0.3) is 0 Å².